The Morgan fingerprint density at radius 3 is 2.54 bits per heavy atom. The number of anilines is 1. The standard InChI is InChI=1S/C20H22BrNO4/c1-14-5-3-6-18(15(14)2)22-19(23)13-26-20(24)7-4-12-25-17-10-8-16(21)9-11-17/h3,5-6,8-11H,4,7,12-13H2,1-2H3,(H,22,23). The molecule has 0 aliphatic heterocycles. The Balaban J connectivity index is 1.64. The van der Waals surface area contributed by atoms with Crippen LogP contribution in [0.25, 0.3) is 0 Å². The molecule has 0 bridgehead atoms. The van der Waals surface area contributed by atoms with Gasteiger partial charge in [-0.1, -0.05) is 28.1 Å². The number of amides is 1. The van der Waals surface area contributed by atoms with E-state index in [0.29, 0.717) is 13.0 Å². The molecule has 1 amide bonds. The minimum absolute atomic E-state index is 0.202. The molecule has 0 aliphatic rings. The Kier molecular flexibility index (Phi) is 7.66. The molecule has 0 aromatic heterocycles. The Bertz CT molecular complexity index is 759. The molecule has 2 aromatic rings. The Morgan fingerprint density at radius 1 is 1.08 bits per heavy atom. The summed E-state index contributed by atoms with van der Waals surface area (Å²) in [4.78, 5) is 23.6. The highest BCUT2D eigenvalue weighted by atomic mass is 79.9. The van der Waals surface area contributed by atoms with Crippen LogP contribution in [0.15, 0.2) is 46.9 Å². The fourth-order valence-corrected chi connectivity index (χ4v) is 2.49. The van der Waals surface area contributed by atoms with E-state index in [0.717, 1.165) is 27.0 Å². The van der Waals surface area contributed by atoms with Gasteiger partial charge in [0.15, 0.2) is 6.61 Å². The van der Waals surface area contributed by atoms with E-state index in [1.165, 1.54) is 0 Å². The molecular formula is C20H22BrNO4. The van der Waals surface area contributed by atoms with Gasteiger partial charge in [0.2, 0.25) is 0 Å². The summed E-state index contributed by atoms with van der Waals surface area (Å²) in [5.74, 6) is -0.0202. The van der Waals surface area contributed by atoms with Crippen molar-refractivity contribution in [2.75, 3.05) is 18.5 Å². The van der Waals surface area contributed by atoms with Gasteiger partial charge < -0.3 is 14.8 Å². The molecule has 0 spiro atoms. The van der Waals surface area contributed by atoms with Gasteiger partial charge in [-0.3, -0.25) is 9.59 Å². The van der Waals surface area contributed by atoms with Gasteiger partial charge in [-0.25, -0.2) is 0 Å². The number of hydrogen-bond acceptors (Lipinski definition) is 4. The van der Waals surface area contributed by atoms with Crippen LogP contribution < -0.4 is 10.1 Å². The number of aryl methyl sites for hydroxylation is 1. The largest absolute Gasteiger partial charge is 0.494 e. The van der Waals surface area contributed by atoms with E-state index >= 15 is 0 Å². The minimum atomic E-state index is -0.416. The quantitative estimate of drug-likeness (QED) is 0.508. The molecule has 6 heteroatoms. The SMILES string of the molecule is Cc1cccc(NC(=O)COC(=O)CCCOc2ccc(Br)cc2)c1C. The van der Waals surface area contributed by atoms with Gasteiger partial charge in [-0.2, -0.15) is 0 Å². The molecule has 26 heavy (non-hydrogen) atoms. The van der Waals surface area contributed by atoms with Crippen molar-refractivity contribution in [2.24, 2.45) is 0 Å². The lowest BCUT2D eigenvalue weighted by molar-refractivity contribution is -0.147. The van der Waals surface area contributed by atoms with Gasteiger partial charge in [0.25, 0.3) is 5.91 Å². The highest BCUT2D eigenvalue weighted by Gasteiger charge is 2.09. The molecule has 0 saturated heterocycles. The van der Waals surface area contributed by atoms with Crippen LogP contribution in [0.3, 0.4) is 0 Å². The lowest BCUT2D eigenvalue weighted by atomic mass is 10.1. The Hall–Kier alpha value is -2.34. The normalized spacial score (nSPS) is 10.3. The summed E-state index contributed by atoms with van der Waals surface area (Å²) in [5, 5.41) is 2.76. The number of carbonyl (C=O) groups is 2. The summed E-state index contributed by atoms with van der Waals surface area (Å²) in [5.41, 5.74) is 2.82. The molecule has 0 unspecified atom stereocenters. The van der Waals surface area contributed by atoms with E-state index in [4.69, 9.17) is 9.47 Å². The molecule has 0 radical (unpaired) electrons. The third kappa shape index (κ3) is 6.52. The predicted octanol–water partition coefficient (Wildman–Crippen LogP) is 4.41. The van der Waals surface area contributed by atoms with E-state index in [-0.39, 0.29) is 18.9 Å². The topological polar surface area (TPSA) is 64.6 Å². The fraction of sp³-hybridized carbons (Fsp3) is 0.300. The van der Waals surface area contributed by atoms with Gasteiger partial charge in [-0.05, 0) is 61.7 Å². The van der Waals surface area contributed by atoms with Crippen LogP contribution in [-0.2, 0) is 14.3 Å². The Labute approximate surface area is 161 Å². The summed E-state index contributed by atoms with van der Waals surface area (Å²) in [7, 11) is 0. The first-order valence-corrected chi connectivity index (χ1v) is 9.15. The maximum Gasteiger partial charge on any atom is 0.306 e. The molecule has 0 fully saturated rings. The summed E-state index contributed by atoms with van der Waals surface area (Å²) in [6, 6.07) is 13.1. The van der Waals surface area contributed by atoms with Crippen molar-refractivity contribution in [3.63, 3.8) is 0 Å². The monoisotopic (exact) mass is 419 g/mol. The van der Waals surface area contributed by atoms with Gasteiger partial charge in [0, 0.05) is 16.6 Å². The molecule has 2 rings (SSSR count). The maximum atomic E-state index is 11.9. The number of halogens is 1. The molecule has 5 nitrogen and oxygen atoms in total. The molecule has 0 aliphatic carbocycles. The first-order valence-electron chi connectivity index (χ1n) is 8.36. The summed E-state index contributed by atoms with van der Waals surface area (Å²) >= 11 is 3.35. The first kappa shape index (κ1) is 20.0. The van der Waals surface area contributed by atoms with Crippen LogP contribution in [0, 0.1) is 13.8 Å². The van der Waals surface area contributed by atoms with Crippen molar-refractivity contribution in [1.82, 2.24) is 0 Å². The van der Waals surface area contributed by atoms with Crippen molar-refractivity contribution in [3.8, 4) is 5.75 Å². The van der Waals surface area contributed by atoms with E-state index in [2.05, 4.69) is 21.2 Å². The van der Waals surface area contributed by atoms with Crippen LogP contribution in [0.5, 0.6) is 5.75 Å². The zero-order valence-electron chi connectivity index (χ0n) is 14.9. The number of benzene rings is 2. The van der Waals surface area contributed by atoms with Crippen molar-refractivity contribution in [2.45, 2.75) is 26.7 Å². The fourth-order valence-electron chi connectivity index (χ4n) is 2.23. The number of nitrogens with one attached hydrogen (secondary N) is 1. The van der Waals surface area contributed by atoms with E-state index < -0.39 is 5.97 Å². The van der Waals surface area contributed by atoms with Crippen molar-refractivity contribution in [3.05, 3.63) is 58.1 Å². The highest BCUT2D eigenvalue weighted by molar-refractivity contribution is 9.10. The maximum absolute atomic E-state index is 11.9. The summed E-state index contributed by atoms with van der Waals surface area (Å²) in [6.45, 7) is 4.02. The Morgan fingerprint density at radius 2 is 1.81 bits per heavy atom. The van der Waals surface area contributed by atoms with E-state index in [1.54, 1.807) is 0 Å². The van der Waals surface area contributed by atoms with Gasteiger partial charge >= 0.3 is 5.97 Å². The third-order valence-corrected chi connectivity index (χ3v) is 4.38. The summed E-state index contributed by atoms with van der Waals surface area (Å²) < 4.78 is 11.5. The average molecular weight is 420 g/mol. The number of esters is 1. The number of rotatable bonds is 8. The van der Waals surface area contributed by atoms with Gasteiger partial charge in [0.05, 0.1) is 6.61 Å². The van der Waals surface area contributed by atoms with Crippen LogP contribution in [0.2, 0.25) is 0 Å². The van der Waals surface area contributed by atoms with Gasteiger partial charge in [0.1, 0.15) is 5.75 Å². The number of ether oxygens (including phenoxy) is 2. The number of hydrogen-bond donors (Lipinski definition) is 1. The average Bonchev–Trinajstić information content (AvgIpc) is 2.62. The van der Waals surface area contributed by atoms with E-state index in [1.807, 2.05) is 56.3 Å². The highest BCUT2D eigenvalue weighted by Crippen LogP contribution is 2.18. The second-order valence-corrected chi connectivity index (χ2v) is 6.78. The van der Waals surface area contributed by atoms with Crippen LogP contribution in [0.4, 0.5) is 5.69 Å². The van der Waals surface area contributed by atoms with E-state index in [9.17, 15) is 9.59 Å². The molecule has 138 valence electrons. The van der Waals surface area contributed by atoms with Crippen LogP contribution in [-0.4, -0.2) is 25.1 Å². The lowest BCUT2D eigenvalue weighted by Crippen LogP contribution is -2.21. The zero-order valence-corrected chi connectivity index (χ0v) is 16.5. The zero-order chi connectivity index (χ0) is 18.9. The molecule has 1 N–H and O–H groups in total. The third-order valence-electron chi connectivity index (χ3n) is 3.85. The van der Waals surface area contributed by atoms with Crippen LogP contribution in [0.1, 0.15) is 24.0 Å². The predicted molar refractivity (Wildman–Crippen MR) is 104 cm³/mol. The minimum Gasteiger partial charge on any atom is -0.494 e. The molecule has 0 atom stereocenters. The molecular weight excluding hydrogens is 398 g/mol. The van der Waals surface area contributed by atoms with Crippen molar-refractivity contribution in [1.29, 1.82) is 0 Å². The summed E-state index contributed by atoms with van der Waals surface area (Å²) in [6.07, 6.45) is 0.723. The van der Waals surface area contributed by atoms with Gasteiger partial charge in [-0.15, -0.1) is 0 Å². The van der Waals surface area contributed by atoms with Crippen molar-refractivity contribution >= 4 is 33.5 Å². The van der Waals surface area contributed by atoms with Crippen molar-refractivity contribution < 1.29 is 19.1 Å². The number of carbonyl (C=O) groups excluding carboxylic acids is 2. The first-order chi connectivity index (χ1) is 12.5. The second kappa shape index (κ2) is 9.97. The second-order valence-electron chi connectivity index (χ2n) is 5.86. The molecule has 2 aromatic carbocycles. The smallest absolute Gasteiger partial charge is 0.306 e. The molecule has 0 heterocycles. The molecule has 0 saturated carbocycles. The van der Waals surface area contributed by atoms with Crippen LogP contribution >= 0.6 is 15.9 Å². The lowest BCUT2D eigenvalue weighted by Gasteiger charge is -2.10.